The highest BCUT2D eigenvalue weighted by atomic mass is 16.5. The number of anilines is 2. The number of urea groups is 1. The number of hydrogen-bond acceptors (Lipinski definition) is 4. The van der Waals surface area contributed by atoms with Gasteiger partial charge in [0.1, 0.15) is 6.04 Å². The quantitative estimate of drug-likeness (QED) is 0.856. The van der Waals surface area contributed by atoms with Gasteiger partial charge in [0.2, 0.25) is 5.91 Å². The molecule has 0 aromatic heterocycles. The van der Waals surface area contributed by atoms with Crippen LogP contribution in [0.5, 0.6) is 0 Å². The summed E-state index contributed by atoms with van der Waals surface area (Å²) < 4.78 is 5.35. The van der Waals surface area contributed by atoms with Crippen LogP contribution >= 0.6 is 0 Å². The van der Waals surface area contributed by atoms with Gasteiger partial charge in [0.15, 0.2) is 0 Å². The van der Waals surface area contributed by atoms with Crippen molar-refractivity contribution in [2.45, 2.75) is 19.9 Å². The van der Waals surface area contributed by atoms with E-state index in [1.807, 2.05) is 31.2 Å². The number of ether oxygens (including phenoxy) is 1. The molecule has 0 radical (unpaired) electrons. The van der Waals surface area contributed by atoms with Crippen molar-refractivity contribution in [2.24, 2.45) is 0 Å². The number of nitrogens with zero attached hydrogens (tertiary/aromatic N) is 2. The summed E-state index contributed by atoms with van der Waals surface area (Å²) in [6.07, 6.45) is 0. The van der Waals surface area contributed by atoms with Gasteiger partial charge in [-0.1, -0.05) is 6.07 Å². The predicted octanol–water partition coefficient (Wildman–Crippen LogP) is 1.51. The summed E-state index contributed by atoms with van der Waals surface area (Å²) in [5.41, 5.74) is 1.74. The lowest BCUT2D eigenvalue weighted by Crippen LogP contribution is -2.46. The van der Waals surface area contributed by atoms with Crippen molar-refractivity contribution >= 4 is 23.3 Å². The minimum atomic E-state index is -0.572. The van der Waals surface area contributed by atoms with Crippen LogP contribution in [0.4, 0.5) is 16.2 Å². The molecule has 1 aliphatic heterocycles. The van der Waals surface area contributed by atoms with E-state index in [4.69, 9.17) is 4.74 Å². The van der Waals surface area contributed by atoms with Gasteiger partial charge in [0.05, 0.1) is 13.2 Å². The molecule has 0 spiro atoms. The van der Waals surface area contributed by atoms with E-state index < -0.39 is 6.04 Å². The van der Waals surface area contributed by atoms with Crippen LogP contribution in [-0.2, 0) is 9.53 Å². The molecule has 132 valence electrons. The first-order valence-electron chi connectivity index (χ1n) is 8.26. The van der Waals surface area contributed by atoms with E-state index in [0.717, 1.165) is 18.8 Å². The molecule has 24 heavy (non-hydrogen) atoms. The van der Waals surface area contributed by atoms with Crippen LogP contribution in [0.25, 0.3) is 0 Å². The number of rotatable bonds is 5. The Morgan fingerprint density at radius 2 is 2.04 bits per heavy atom. The molecule has 1 saturated heterocycles. The van der Waals surface area contributed by atoms with E-state index in [1.54, 1.807) is 18.9 Å². The maximum Gasteiger partial charge on any atom is 0.319 e. The molecular formula is C17H26N4O3. The third-order valence-corrected chi connectivity index (χ3v) is 4.05. The minimum Gasteiger partial charge on any atom is -0.378 e. The Bertz CT molecular complexity index is 573. The molecule has 1 unspecified atom stereocenters. The second-order valence-electron chi connectivity index (χ2n) is 5.82. The standard InChI is InChI=1S/C17H26N4O3/c1-4-20(3)16(22)13(2)18-17(23)19-14-6-5-7-15(12-14)21-8-10-24-11-9-21/h5-7,12-13H,4,8-11H2,1-3H3,(H2,18,19,23). The average molecular weight is 334 g/mol. The highest BCUT2D eigenvalue weighted by Crippen LogP contribution is 2.20. The summed E-state index contributed by atoms with van der Waals surface area (Å²) >= 11 is 0. The second kappa shape index (κ2) is 8.54. The summed E-state index contributed by atoms with van der Waals surface area (Å²) in [5.74, 6) is -0.116. The fraction of sp³-hybridized carbons (Fsp3) is 0.529. The molecule has 7 heteroatoms. The van der Waals surface area contributed by atoms with Crippen LogP contribution in [0.15, 0.2) is 24.3 Å². The third kappa shape index (κ3) is 4.86. The smallest absolute Gasteiger partial charge is 0.319 e. The lowest BCUT2D eigenvalue weighted by molar-refractivity contribution is -0.131. The van der Waals surface area contributed by atoms with E-state index in [9.17, 15) is 9.59 Å². The van der Waals surface area contributed by atoms with Crippen molar-refractivity contribution in [3.05, 3.63) is 24.3 Å². The lowest BCUT2D eigenvalue weighted by atomic mass is 10.2. The average Bonchev–Trinajstić information content (AvgIpc) is 2.61. The summed E-state index contributed by atoms with van der Waals surface area (Å²) in [4.78, 5) is 27.9. The highest BCUT2D eigenvalue weighted by molar-refractivity contribution is 5.93. The fourth-order valence-electron chi connectivity index (χ4n) is 2.51. The normalized spacial score (nSPS) is 15.5. The van der Waals surface area contributed by atoms with Gasteiger partial charge < -0.3 is 25.2 Å². The van der Waals surface area contributed by atoms with Gasteiger partial charge in [-0.15, -0.1) is 0 Å². The Morgan fingerprint density at radius 3 is 2.71 bits per heavy atom. The monoisotopic (exact) mass is 334 g/mol. The number of carbonyl (C=O) groups is 2. The molecule has 1 atom stereocenters. The molecule has 1 heterocycles. The van der Waals surface area contributed by atoms with Crippen LogP contribution in [-0.4, -0.2) is 62.8 Å². The number of benzene rings is 1. The molecule has 2 rings (SSSR count). The zero-order valence-corrected chi connectivity index (χ0v) is 14.5. The topological polar surface area (TPSA) is 73.9 Å². The molecule has 0 aliphatic carbocycles. The number of likely N-dealkylation sites (N-methyl/N-ethyl adjacent to an activating group) is 1. The zero-order chi connectivity index (χ0) is 17.5. The lowest BCUT2D eigenvalue weighted by Gasteiger charge is -2.29. The Labute approximate surface area is 142 Å². The maximum atomic E-state index is 12.1. The van der Waals surface area contributed by atoms with E-state index in [0.29, 0.717) is 25.4 Å². The Kier molecular flexibility index (Phi) is 6.43. The molecule has 2 N–H and O–H groups in total. The largest absolute Gasteiger partial charge is 0.378 e. The predicted molar refractivity (Wildman–Crippen MR) is 94.4 cm³/mol. The van der Waals surface area contributed by atoms with E-state index in [-0.39, 0.29) is 11.9 Å². The first-order valence-corrected chi connectivity index (χ1v) is 8.26. The van der Waals surface area contributed by atoms with Crippen molar-refractivity contribution in [3.8, 4) is 0 Å². The number of amides is 3. The van der Waals surface area contributed by atoms with Crippen molar-refractivity contribution in [1.29, 1.82) is 0 Å². The summed E-state index contributed by atoms with van der Waals surface area (Å²) in [6, 6.07) is 6.71. The van der Waals surface area contributed by atoms with Crippen molar-refractivity contribution < 1.29 is 14.3 Å². The van der Waals surface area contributed by atoms with Crippen molar-refractivity contribution in [2.75, 3.05) is 50.1 Å². The van der Waals surface area contributed by atoms with E-state index in [2.05, 4.69) is 15.5 Å². The number of hydrogen-bond donors (Lipinski definition) is 2. The van der Waals surface area contributed by atoms with Gasteiger partial charge in [-0.3, -0.25) is 4.79 Å². The summed E-state index contributed by atoms with van der Waals surface area (Å²) in [6.45, 7) is 7.27. The Hall–Kier alpha value is -2.28. The van der Waals surface area contributed by atoms with Crippen molar-refractivity contribution in [3.63, 3.8) is 0 Å². The highest BCUT2D eigenvalue weighted by Gasteiger charge is 2.18. The summed E-state index contributed by atoms with van der Waals surface area (Å²) in [5, 5.41) is 5.45. The van der Waals surface area contributed by atoms with Crippen LogP contribution in [0.2, 0.25) is 0 Å². The van der Waals surface area contributed by atoms with Gasteiger partial charge in [0.25, 0.3) is 0 Å². The number of morpholine rings is 1. The molecule has 1 fully saturated rings. The van der Waals surface area contributed by atoms with Gasteiger partial charge >= 0.3 is 6.03 Å². The van der Waals surface area contributed by atoms with Crippen LogP contribution < -0.4 is 15.5 Å². The van der Waals surface area contributed by atoms with Crippen LogP contribution in [0, 0.1) is 0 Å². The van der Waals surface area contributed by atoms with Gasteiger partial charge in [0, 0.05) is 38.1 Å². The fourth-order valence-corrected chi connectivity index (χ4v) is 2.51. The van der Waals surface area contributed by atoms with Crippen LogP contribution in [0.1, 0.15) is 13.8 Å². The Morgan fingerprint density at radius 1 is 1.33 bits per heavy atom. The first-order chi connectivity index (χ1) is 11.5. The Balaban J connectivity index is 1.93. The van der Waals surface area contributed by atoms with Gasteiger partial charge in [-0.2, -0.15) is 0 Å². The third-order valence-electron chi connectivity index (χ3n) is 4.05. The van der Waals surface area contributed by atoms with Gasteiger partial charge in [-0.05, 0) is 32.0 Å². The second-order valence-corrected chi connectivity index (χ2v) is 5.82. The molecule has 7 nitrogen and oxygen atoms in total. The molecule has 1 aliphatic rings. The molecule has 3 amide bonds. The van der Waals surface area contributed by atoms with Gasteiger partial charge in [-0.25, -0.2) is 4.79 Å². The molecule has 1 aromatic carbocycles. The number of nitrogens with one attached hydrogen (secondary N) is 2. The minimum absolute atomic E-state index is 0.116. The molecule has 0 bridgehead atoms. The molecule has 0 saturated carbocycles. The van der Waals surface area contributed by atoms with Crippen molar-refractivity contribution in [1.82, 2.24) is 10.2 Å². The molecular weight excluding hydrogens is 308 g/mol. The SMILES string of the molecule is CCN(C)C(=O)C(C)NC(=O)Nc1cccc(N2CCOCC2)c1. The zero-order valence-electron chi connectivity index (χ0n) is 14.5. The first kappa shape index (κ1) is 18.1. The maximum absolute atomic E-state index is 12.1. The number of carbonyl (C=O) groups excluding carboxylic acids is 2. The van der Waals surface area contributed by atoms with Crippen LogP contribution in [0.3, 0.4) is 0 Å². The van der Waals surface area contributed by atoms with E-state index in [1.165, 1.54) is 0 Å². The van der Waals surface area contributed by atoms with E-state index >= 15 is 0 Å². The summed E-state index contributed by atoms with van der Waals surface area (Å²) in [7, 11) is 1.71. The molecule has 1 aromatic rings.